The first-order valence-electron chi connectivity index (χ1n) is 4.62. The Morgan fingerprint density at radius 3 is 2.50 bits per heavy atom. The van der Waals surface area contributed by atoms with E-state index in [9.17, 15) is 13.2 Å². The molecule has 0 heterocycles. The Bertz CT molecular complexity index is 468. The van der Waals surface area contributed by atoms with Gasteiger partial charge in [-0.3, -0.25) is 5.43 Å². The first-order chi connectivity index (χ1) is 8.29. The number of guanidine groups is 1. The Hall–Kier alpha value is -2.03. The largest absolute Gasteiger partial charge is 0.416 e. The lowest BCUT2D eigenvalue weighted by Crippen LogP contribution is -2.31. The zero-order valence-electron chi connectivity index (χ0n) is 8.95. The van der Waals surface area contributed by atoms with Crippen LogP contribution < -0.4 is 22.2 Å². The van der Waals surface area contributed by atoms with Crippen LogP contribution in [0.2, 0.25) is 0 Å². The average molecular weight is 277 g/mol. The van der Waals surface area contributed by atoms with Crippen LogP contribution in [0.4, 0.5) is 18.9 Å². The zero-order valence-corrected chi connectivity index (χ0v) is 9.77. The Kier molecular flexibility index (Phi) is 4.32. The summed E-state index contributed by atoms with van der Waals surface area (Å²) >= 11 is 4.77. The molecule has 0 radical (unpaired) electrons. The van der Waals surface area contributed by atoms with Crippen LogP contribution in [0.3, 0.4) is 0 Å². The van der Waals surface area contributed by atoms with Crippen LogP contribution in [0.25, 0.3) is 0 Å². The van der Waals surface area contributed by atoms with Crippen molar-refractivity contribution in [3.05, 3.63) is 29.8 Å². The van der Waals surface area contributed by atoms with Crippen molar-refractivity contribution in [3.63, 3.8) is 0 Å². The number of halogens is 3. The molecule has 0 bridgehead atoms. The molecule has 0 aliphatic carbocycles. The number of nitrogens with one attached hydrogen (secondary N) is 2. The molecular weight excluding hydrogens is 267 g/mol. The molecule has 0 atom stereocenters. The van der Waals surface area contributed by atoms with Crippen molar-refractivity contribution in [2.75, 3.05) is 5.32 Å². The van der Waals surface area contributed by atoms with E-state index in [-0.39, 0.29) is 16.8 Å². The standard InChI is InChI=1S/C9H10F3N5S/c10-9(11,12)5-2-1-3-6(4-5)15-8(18)17-16-7(13)14/h1-4H,(H4,13,14,16)(H2,15,17,18). The predicted molar refractivity (Wildman–Crippen MR) is 66.6 cm³/mol. The smallest absolute Gasteiger partial charge is 0.369 e. The second-order valence-electron chi connectivity index (χ2n) is 3.18. The highest BCUT2D eigenvalue weighted by molar-refractivity contribution is 7.80. The van der Waals surface area contributed by atoms with Gasteiger partial charge in [-0.1, -0.05) is 6.07 Å². The van der Waals surface area contributed by atoms with Crippen LogP contribution in [0.1, 0.15) is 5.56 Å². The third kappa shape index (κ3) is 4.45. The molecule has 9 heteroatoms. The molecule has 0 aliphatic rings. The van der Waals surface area contributed by atoms with E-state index < -0.39 is 11.7 Å². The number of hydrogen-bond acceptors (Lipinski definition) is 2. The molecular formula is C9H10F3N5S. The topological polar surface area (TPSA) is 88.5 Å². The minimum absolute atomic E-state index is 0.0253. The summed E-state index contributed by atoms with van der Waals surface area (Å²) < 4.78 is 37.3. The van der Waals surface area contributed by atoms with Crippen molar-refractivity contribution in [2.45, 2.75) is 6.18 Å². The summed E-state index contributed by atoms with van der Waals surface area (Å²) in [7, 11) is 0. The van der Waals surface area contributed by atoms with Gasteiger partial charge in [0.1, 0.15) is 0 Å². The lowest BCUT2D eigenvalue weighted by molar-refractivity contribution is -0.137. The van der Waals surface area contributed by atoms with Crippen molar-refractivity contribution >= 4 is 29.0 Å². The van der Waals surface area contributed by atoms with E-state index >= 15 is 0 Å². The molecule has 0 aliphatic heterocycles. The molecule has 0 aromatic heterocycles. The van der Waals surface area contributed by atoms with Gasteiger partial charge in [0.2, 0.25) is 5.96 Å². The van der Waals surface area contributed by atoms with Crippen LogP contribution in [-0.2, 0) is 6.18 Å². The van der Waals surface area contributed by atoms with E-state index in [1.807, 2.05) is 0 Å². The molecule has 98 valence electrons. The monoisotopic (exact) mass is 277 g/mol. The molecule has 1 aromatic rings. The third-order valence-corrected chi connectivity index (χ3v) is 1.93. The quantitative estimate of drug-likeness (QED) is 0.282. The number of benzene rings is 1. The van der Waals surface area contributed by atoms with E-state index in [2.05, 4.69) is 15.8 Å². The predicted octanol–water partition coefficient (Wildman–Crippen LogP) is 1.18. The van der Waals surface area contributed by atoms with Crippen molar-refractivity contribution in [2.24, 2.45) is 16.6 Å². The fourth-order valence-electron chi connectivity index (χ4n) is 1.05. The number of rotatable bonds is 2. The maximum absolute atomic E-state index is 12.4. The van der Waals surface area contributed by atoms with Gasteiger partial charge in [0, 0.05) is 5.69 Å². The molecule has 0 saturated heterocycles. The Morgan fingerprint density at radius 1 is 1.28 bits per heavy atom. The summed E-state index contributed by atoms with van der Waals surface area (Å²) in [5.41, 5.74) is 11.7. The maximum Gasteiger partial charge on any atom is 0.416 e. The number of alkyl halides is 3. The van der Waals surface area contributed by atoms with E-state index in [4.69, 9.17) is 23.7 Å². The third-order valence-electron chi connectivity index (χ3n) is 1.73. The van der Waals surface area contributed by atoms with E-state index in [1.165, 1.54) is 12.1 Å². The summed E-state index contributed by atoms with van der Waals surface area (Å²) in [6, 6.07) is 4.56. The molecule has 0 fully saturated rings. The van der Waals surface area contributed by atoms with Gasteiger partial charge in [-0.05, 0) is 30.4 Å². The summed E-state index contributed by atoms with van der Waals surface area (Å²) in [5, 5.41) is 5.87. The number of nitrogens with two attached hydrogens (primary N) is 2. The first-order valence-corrected chi connectivity index (χ1v) is 5.03. The SMILES string of the molecule is NC(N)=NNC(=S)Nc1cccc(C(F)(F)F)c1. The summed E-state index contributed by atoms with van der Waals surface area (Å²) in [6.07, 6.45) is -4.41. The van der Waals surface area contributed by atoms with Gasteiger partial charge >= 0.3 is 6.18 Å². The van der Waals surface area contributed by atoms with Gasteiger partial charge in [-0.15, -0.1) is 5.10 Å². The molecule has 6 N–H and O–H groups in total. The Balaban J connectivity index is 2.74. The first kappa shape index (κ1) is 14.0. The lowest BCUT2D eigenvalue weighted by atomic mass is 10.2. The fourth-order valence-corrected chi connectivity index (χ4v) is 1.21. The van der Waals surface area contributed by atoms with Crippen LogP contribution >= 0.6 is 12.2 Å². The van der Waals surface area contributed by atoms with E-state index in [0.29, 0.717) is 0 Å². The van der Waals surface area contributed by atoms with Crippen LogP contribution in [-0.4, -0.2) is 11.1 Å². The van der Waals surface area contributed by atoms with Gasteiger partial charge in [0.05, 0.1) is 5.56 Å². The second kappa shape index (κ2) is 5.54. The number of hydrazone groups is 1. The molecule has 5 nitrogen and oxygen atoms in total. The normalized spacial score (nSPS) is 10.6. The number of nitrogens with zero attached hydrogens (tertiary/aromatic N) is 1. The van der Waals surface area contributed by atoms with Crippen molar-refractivity contribution in [1.82, 2.24) is 5.43 Å². The van der Waals surface area contributed by atoms with Crippen molar-refractivity contribution in [1.29, 1.82) is 0 Å². The van der Waals surface area contributed by atoms with Crippen LogP contribution in [0.15, 0.2) is 29.4 Å². The average Bonchev–Trinajstić information content (AvgIpc) is 2.25. The molecule has 0 unspecified atom stereocenters. The highest BCUT2D eigenvalue weighted by Crippen LogP contribution is 2.30. The highest BCUT2D eigenvalue weighted by Gasteiger charge is 2.30. The second-order valence-corrected chi connectivity index (χ2v) is 3.59. The van der Waals surface area contributed by atoms with E-state index in [0.717, 1.165) is 12.1 Å². The summed E-state index contributed by atoms with van der Waals surface area (Å²) in [5.74, 6) is -0.247. The highest BCUT2D eigenvalue weighted by atomic mass is 32.1. The van der Waals surface area contributed by atoms with Crippen LogP contribution in [0.5, 0.6) is 0 Å². The van der Waals surface area contributed by atoms with Gasteiger partial charge in [0.15, 0.2) is 5.11 Å². The minimum atomic E-state index is -4.41. The Labute approximate surface area is 106 Å². The van der Waals surface area contributed by atoms with Crippen LogP contribution in [0, 0.1) is 0 Å². The zero-order chi connectivity index (χ0) is 13.8. The minimum Gasteiger partial charge on any atom is -0.369 e. The summed E-state index contributed by atoms with van der Waals surface area (Å²) in [4.78, 5) is 0. The van der Waals surface area contributed by atoms with Gasteiger partial charge in [0.25, 0.3) is 0 Å². The number of thiocarbonyl (C=S) groups is 1. The molecule has 1 aromatic carbocycles. The molecule has 0 spiro atoms. The lowest BCUT2D eigenvalue weighted by Gasteiger charge is -2.10. The van der Waals surface area contributed by atoms with E-state index in [1.54, 1.807) is 0 Å². The maximum atomic E-state index is 12.4. The van der Waals surface area contributed by atoms with Crippen molar-refractivity contribution in [3.8, 4) is 0 Å². The number of anilines is 1. The van der Waals surface area contributed by atoms with Crippen molar-refractivity contribution < 1.29 is 13.2 Å². The summed E-state index contributed by atoms with van der Waals surface area (Å²) in [6.45, 7) is 0. The fraction of sp³-hybridized carbons (Fsp3) is 0.111. The molecule has 0 saturated carbocycles. The Morgan fingerprint density at radius 2 is 1.94 bits per heavy atom. The van der Waals surface area contributed by atoms with Gasteiger partial charge in [-0.2, -0.15) is 13.2 Å². The molecule has 1 rings (SSSR count). The molecule has 18 heavy (non-hydrogen) atoms. The van der Waals surface area contributed by atoms with Gasteiger partial charge < -0.3 is 16.8 Å². The molecule has 0 amide bonds. The van der Waals surface area contributed by atoms with Gasteiger partial charge in [-0.25, -0.2) is 0 Å². The number of hydrogen-bond donors (Lipinski definition) is 4.